The first-order chi connectivity index (χ1) is 9.02. The van der Waals surface area contributed by atoms with Gasteiger partial charge in [0.25, 0.3) is 5.91 Å². The number of aryl methyl sites for hydroxylation is 2. The first kappa shape index (κ1) is 13.4. The number of carbonyl (C=O) groups is 2. The molecule has 0 radical (unpaired) electrons. The average molecular weight is 265 g/mol. The van der Waals surface area contributed by atoms with Gasteiger partial charge in [-0.1, -0.05) is 6.92 Å². The first-order valence-electron chi connectivity index (χ1n) is 6.41. The SMILES string of the molecule is CCc1nn(C)c(C(=O)NCC2CCC(=O)N2)c1N. The van der Waals surface area contributed by atoms with Gasteiger partial charge < -0.3 is 16.4 Å². The van der Waals surface area contributed by atoms with E-state index in [4.69, 9.17) is 5.73 Å². The number of nitrogens with one attached hydrogen (secondary N) is 2. The van der Waals surface area contributed by atoms with Gasteiger partial charge in [-0.25, -0.2) is 0 Å². The van der Waals surface area contributed by atoms with Gasteiger partial charge in [-0.3, -0.25) is 14.3 Å². The van der Waals surface area contributed by atoms with Crippen molar-refractivity contribution in [2.75, 3.05) is 12.3 Å². The van der Waals surface area contributed by atoms with Crippen LogP contribution in [0.3, 0.4) is 0 Å². The molecule has 4 N–H and O–H groups in total. The molecule has 1 saturated heterocycles. The molecule has 104 valence electrons. The molecule has 1 fully saturated rings. The number of aromatic nitrogens is 2. The van der Waals surface area contributed by atoms with E-state index in [-0.39, 0.29) is 17.9 Å². The number of nitrogens with two attached hydrogens (primary N) is 1. The fraction of sp³-hybridized carbons (Fsp3) is 0.583. The maximum absolute atomic E-state index is 12.1. The Hall–Kier alpha value is -2.05. The molecule has 0 aromatic carbocycles. The summed E-state index contributed by atoms with van der Waals surface area (Å²) in [6.45, 7) is 2.35. The predicted molar refractivity (Wildman–Crippen MR) is 70.5 cm³/mol. The minimum atomic E-state index is -0.256. The van der Waals surface area contributed by atoms with Gasteiger partial charge in [0, 0.05) is 26.1 Å². The lowest BCUT2D eigenvalue weighted by Gasteiger charge is -2.11. The number of nitrogens with zero attached hydrogens (tertiary/aromatic N) is 2. The number of hydrogen-bond acceptors (Lipinski definition) is 4. The van der Waals surface area contributed by atoms with Crippen LogP contribution in [0.4, 0.5) is 5.69 Å². The highest BCUT2D eigenvalue weighted by Crippen LogP contribution is 2.16. The van der Waals surface area contributed by atoms with E-state index in [1.165, 1.54) is 4.68 Å². The highest BCUT2D eigenvalue weighted by atomic mass is 16.2. The molecule has 0 aliphatic carbocycles. The van der Waals surface area contributed by atoms with Gasteiger partial charge in [0.05, 0.1) is 11.4 Å². The van der Waals surface area contributed by atoms with Gasteiger partial charge in [0.15, 0.2) is 0 Å². The summed E-state index contributed by atoms with van der Waals surface area (Å²) in [5.41, 5.74) is 7.44. The smallest absolute Gasteiger partial charge is 0.271 e. The monoisotopic (exact) mass is 265 g/mol. The van der Waals surface area contributed by atoms with Crippen LogP contribution in [0.25, 0.3) is 0 Å². The molecule has 0 bridgehead atoms. The molecule has 2 amide bonds. The van der Waals surface area contributed by atoms with Crippen molar-refractivity contribution in [2.24, 2.45) is 7.05 Å². The summed E-state index contributed by atoms with van der Waals surface area (Å²) < 4.78 is 1.50. The van der Waals surface area contributed by atoms with Crippen molar-refractivity contribution < 1.29 is 9.59 Å². The fourth-order valence-electron chi connectivity index (χ4n) is 2.26. The number of anilines is 1. The lowest BCUT2D eigenvalue weighted by Crippen LogP contribution is -2.39. The van der Waals surface area contributed by atoms with Crippen molar-refractivity contribution >= 4 is 17.5 Å². The van der Waals surface area contributed by atoms with Crippen LogP contribution in [0.2, 0.25) is 0 Å². The van der Waals surface area contributed by atoms with Gasteiger partial charge >= 0.3 is 0 Å². The number of carbonyl (C=O) groups excluding carboxylic acids is 2. The lowest BCUT2D eigenvalue weighted by molar-refractivity contribution is -0.119. The third-order valence-electron chi connectivity index (χ3n) is 3.30. The molecule has 2 rings (SSSR count). The third-order valence-corrected chi connectivity index (χ3v) is 3.30. The van der Waals surface area contributed by atoms with Crippen molar-refractivity contribution in [3.63, 3.8) is 0 Å². The van der Waals surface area contributed by atoms with E-state index in [2.05, 4.69) is 15.7 Å². The molecule has 0 spiro atoms. The Bertz CT molecular complexity index is 508. The van der Waals surface area contributed by atoms with E-state index in [1.54, 1.807) is 7.05 Å². The maximum Gasteiger partial charge on any atom is 0.271 e. The van der Waals surface area contributed by atoms with Gasteiger partial charge in [-0.15, -0.1) is 0 Å². The number of hydrogen-bond donors (Lipinski definition) is 3. The number of amides is 2. The maximum atomic E-state index is 12.1. The average Bonchev–Trinajstić information content (AvgIpc) is 2.90. The van der Waals surface area contributed by atoms with Crippen LogP contribution in [0, 0.1) is 0 Å². The molecule has 19 heavy (non-hydrogen) atoms. The first-order valence-corrected chi connectivity index (χ1v) is 6.41. The second-order valence-corrected chi connectivity index (χ2v) is 4.70. The Morgan fingerprint density at radius 1 is 1.63 bits per heavy atom. The molecule has 1 aromatic heterocycles. The second kappa shape index (κ2) is 5.29. The van der Waals surface area contributed by atoms with E-state index >= 15 is 0 Å². The molecule has 7 nitrogen and oxygen atoms in total. The van der Waals surface area contributed by atoms with Crippen LogP contribution in [0.15, 0.2) is 0 Å². The normalized spacial score (nSPS) is 18.4. The highest BCUT2D eigenvalue weighted by molar-refractivity contribution is 5.98. The molecule has 1 aromatic rings. The van der Waals surface area contributed by atoms with Crippen LogP contribution in [-0.2, 0) is 18.3 Å². The predicted octanol–water partition coefficient (Wildman–Crippen LogP) is -0.427. The van der Waals surface area contributed by atoms with E-state index in [0.29, 0.717) is 30.8 Å². The fourth-order valence-corrected chi connectivity index (χ4v) is 2.26. The van der Waals surface area contributed by atoms with Crippen LogP contribution < -0.4 is 16.4 Å². The summed E-state index contributed by atoms with van der Waals surface area (Å²) in [6.07, 6.45) is 1.96. The number of rotatable bonds is 4. The molecule has 1 aliphatic heterocycles. The Balaban J connectivity index is 2.00. The molecular weight excluding hydrogens is 246 g/mol. The minimum Gasteiger partial charge on any atom is -0.395 e. The molecule has 7 heteroatoms. The Morgan fingerprint density at radius 3 is 2.89 bits per heavy atom. The van der Waals surface area contributed by atoms with Gasteiger partial charge in [0.1, 0.15) is 5.69 Å². The van der Waals surface area contributed by atoms with Crippen LogP contribution in [-0.4, -0.2) is 34.2 Å². The molecular formula is C12H19N5O2. The summed E-state index contributed by atoms with van der Waals surface area (Å²) in [4.78, 5) is 23.1. The number of nitrogen functional groups attached to an aromatic ring is 1. The topological polar surface area (TPSA) is 102 Å². The van der Waals surface area contributed by atoms with Crippen molar-refractivity contribution in [3.8, 4) is 0 Å². The van der Waals surface area contributed by atoms with Crippen molar-refractivity contribution in [1.82, 2.24) is 20.4 Å². The summed E-state index contributed by atoms with van der Waals surface area (Å²) in [5.74, 6) is -0.221. The van der Waals surface area contributed by atoms with Crippen molar-refractivity contribution in [2.45, 2.75) is 32.2 Å². The summed E-state index contributed by atoms with van der Waals surface area (Å²) in [6, 6.07) is 0.0107. The zero-order valence-electron chi connectivity index (χ0n) is 11.2. The van der Waals surface area contributed by atoms with Gasteiger partial charge in [-0.2, -0.15) is 5.10 Å². The second-order valence-electron chi connectivity index (χ2n) is 4.70. The summed E-state index contributed by atoms with van der Waals surface area (Å²) >= 11 is 0. The highest BCUT2D eigenvalue weighted by Gasteiger charge is 2.23. The van der Waals surface area contributed by atoms with Gasteiger partial charge in [0.2, 0.25) is 5.91 Å². The quantitative estimate of drug-likeness (QED) is 0.687. The van der Waals surface area contributed by atoms with Gasteiger partial charge in [-0.05, 0) is 12.8 Å². The Morgan fingerprint density at radius 2 is 2.37 bits per heavy atom. The van der Waals surface area contributed by atoms with E-state index in [9.17, 15) is 9.59 Å². The summed E-state index contributed by atoms with van der Waals surface area (Å²) in [5, 5.41) is 9.79. The Labute approximate surface area is 111 Å². The largest absolute Gasteiger partial charge is 0.395 e. The van der Waals surface area contributed by atoms with Crippen LogP contribution >= 0.6 is 0 Å². The molecule has 1 unspecified atom stereocenters. The zero-order chi connectivity index (χ0) is 14.0. The zero-order valence-corrected chi connectivity index (χ0v) is 11.2. The van der Waals surface area contributed by atoms with Crippen molar-refractivity contribution in [3.05, 3.63) is 11.4 Å². The molecule has 0 saturated carbocycles. The van der Waals surface area contributed by atoms with E-state index in [0.717, 1.165) is 12.1 Å². The summed E-state index contributed by atoms with van der Waals surface area (Å²) in [7, 11) is 1.70. The molecule has 1 atom stereocenters. The lowest BCUT2D eigenvalue weighted by atomic mass is 10.2. The molecule has 2 heterocycles. The standard InChI is InChI=1S/C12H19N5O2/c1-3-8-10(13)11(17(2)16-8)12(19)14-6-7-4-5-9(18)15-7/h7H,3-6,13H2,1-2H3,(H,14,19)(H,15,18). The van der Waals surface area contributed by atoms with Crippen LogP contribution in [0.1, 0.15) is 35.9 Å². The third kappa shape index (κ3) is 2.69. The van der Waals surface area contributed by atoms with E-state index in [1.807, 2.05) is 6.92 Å². The van der Waals surface area contributed by atoms with Crippen LogP contribution in [0.5, 0.6) is 0 Å². The molecule has 1 aliphatic rings. The van der Waals surface area contributed by atoms with Crippen molar-refractivity contribution in [1.29, 1.82) is 0 Å². The Kier molecular flexibility index (Phi) is 3.73. The minimum absolute atomic E-state index is 0.0107. The van der Waals surface area contributed by atoms with E-state index < -0.39 is 0 Å².